The fourth-order valence-corrected chi connectivity index (χ4v) is 7.53. The Morgan fingerprint density at radius 3 is 1.42 bits per heavy atom. The fraction of sp³-hybridized carbons (Fsp3) is 0. The topological polar surface area (TPSA) is 72.3 Å². The first-order chi connectivity index (χ1) is 25.8. The first kappa shape index (κ1) is 29.5. The molecule has 0 spiro atoms. The van der Waals surface area contributed by atoms with Crippen LogP contribution in [0.4, 0.5) is 0 Å². The minimum atomic E-state index is 0.508. The van der Waals surface area contributed by atoms with E-state index in [1.165, 1.54) is 10.8 Å². The van der Waals surface area contributed by atoms with Crippen LogP contribution < -0.4 is 0 Å². The smallest absolute Gasteiger partial charge is 0.164 e. The van der Waals surface area contributed by atoms with Gasteiger partial charge < -0.3 is 9.13 Å². The molecule has 0 fully saturated rings. The Balaban J connectivity index is 1.21. The average Bonchev–Trinajstić information content (AvgIpc) is 3.74. The van der Waals surface area contributed by atoms with E-state index in [4.69, 9.17) is 15.0 Å². The quantitative estimate of drug-likeness (QED) is 0.184. The number of nitriles is 1. The van der Waals surface area contributed by atoms with Gasteiger partial charge in [-0.3, -0.25) is 0 Å². The van der Waals surface area contributed by atoms with Crippen LogP contribution in [0.15, 0.2) is 170 Å². The van der Waals surface area contributed by atoms with Crippen LogP contribution in [-0.2, 0) is 0 Å². The van der Waals surface area contributed by atoms with Gasteiger partial charge in [0.2, 0.25) is 0 Å². The number of para-hydroxylation sites is 3. The van der Waals surface area contributed by atoms with Gasteiger partial charge in [-0.2, -0.15) is 5.26 Å². The van der Waals surface area contributed by atoms with Gasteiger partial charge in [-0.1, -0.05) is 115 Å². The number of hydrogen-bond acceptors (Lipinski definition) is 4. The van der Waals surface area contributed by atoms with Crippen molar-refractivity contribution in [3.8, 4) is 51.6 Å². The van der Waals surface area contributed by atoms with Crippen LogP contribution in [0.3, 0.4) is 0 Å². The zero-order chi connectivity index (χ0) is 34.6. The van der Waals surface area contributed by atoms with Crippen LogP contribution in [-0.4, -0.2) is 24.1 Å². The van der Waals surface area contributed by atoms with Gasteiger partial charge in [-0.15, -0.1) is 0 Å². The van der Waals surface area contributed by atoms with Gasteiger partial charge in [0.05, 0.1) is 33.3 Å². The molecular formula is C46H28N6. The highest BCUT2D eigenvalue weighted by atomic mass is 15.0. The van der Waals surface area contributed by atoms with Crippen molar-refractivity contribution in [2.45, 2.75) is 0 Å². The molecule has 0 aliphatic carbocycles. The van der Waals surface area contributed by atoms with Crippen molar-refractivity contribution in [1.29, 1.82) is 5.26 Å². The van der Waals surface area contributed by atoms with Crippen molar-refractivity contribution in [1.82, 2.24) is 24.1 Å². The summed E-state index contributed by atoms with van der Waals surface area (Å²) in [5.74, 6) is 1.66. The molecule has 0 N–H and O–H groups in total. The fourth-order valence-electron chi connectivity index (χ4n) is 7.53. The minimum absolute atomic E-state index is 0.508. The second-order valence-electron chi connectivity index (χ2n) is 12.8. The van der Waals surface area contributed by atoms with Crippen LogP contribution in [0.25, 0.3) is 89.2 Å². The maximum absolute atomic E-state index is 10.7. The molecule has 0 saturated heterocycles. The van der Waals surface area contributed by atoms with Gasteiger partial charge in [-0.25, -0.2) is 15.0 Å². The lowest BCUT2D eigenvalue weighted by Gasteiger charge is -2.13. The van der Waals surface area contributed by atoms with Gasteiger partial charge >= 0.3 is 0 Å². The Morgan fingerprint density at radius 1 is 0.404 bits per heavy atom. The summed E-state index contributed by atoms with van der Waals surface area (Å²) in [5.41, 5.74) is 9.31. The third-order valence-electron chi connectivity index (χ3n) is 9.80. The normalized spacial score (nSPS) is 11.4. The molecule has 0 unspecified atom stereocenters. The van der Waals surface area contributed by atoms with E-state index in [1.807, 2.05) is 84.9 Å². The molecule has 3 aromatic heterocycles. The summed E-state index contributed by atoms with van der Waals surface area (Å²) in [6.45, 7) is 0. The molecule has 10 aromatic rings. The van der Waals surface area contributed by atoms with E-state index in [1.54, 1.807) is 0 Å². The van der Waals surface area contributed by atoms with E-state index in [-0.39, 0.29) is 0 Å². The monoisotopic (exact) mass is 664 g/mol. The number of fused-ring (bicyclic) bond motifs is 7. The number of hydrogen-bond donors (Lipinski definition) is 0. The van der Waals surface area contributed by atoms with Crippen LogP contribution >= 0.6 is 0 Å². The lowest BCUT2D eigenvalue weighted by molar-refractivity contribution is 1.07. The van der Waals surface area contributed by atoms with E-state index in [0.29, 0.717) is 23.0 Å². The summed E-state index contributed by atoms with van der Waals surface area (Å²) in [4.78, 5) is 14.7. The van der Waals surface area contributed by atoms with E-state index in [9.17, 15) is 5.26 Å². The Morgan fingerprint density at radius 2 is 0.865 bits per heavy atom. The van der Waals surface area contributed by atoms with Crippen molar-refractivity contribution >= 4 is 43.6 Å². The molecule has 7 aromatic carbocycles. The second-order valence-corrected chi connectivity index (χ2v) is 12.8. The molecule has 0 aliphatic rings. The molecule has 6 heteroatoms. The average molecular weight is 665 g/mol. The van der Waals surface area contributed by atoms with Gasteiger partial charge in [0.25, 0.3) is 0 Å². The Hall–Kier alpha value is -7.36. The molecule has 0 saturated carbocycles. The lowest BCUT2D eigenvalue weighted by atomic mass is 10.1. The van der Waals surface area contributed by atoms with E-state index >= 15 is 0 Å². The third kappa shape index (κ3) is 4.61. The van der Waals surface area contributed by atoms with Gasteiger partial charge in [0.1, 0.15) is 6.07 Å². The molecule has 10 rings (SSSR count). The number of benzene rings is 7. The molecule has 242 valence electrons. The van der Waals surface area contributed by atoms with Gasteiger partial charge in [-0.05, 0) is 54.6 Å². The molecule has 6 nitrogen and oxygen atoms in total. The summed E-state index contributed by atoms with van der Waals surface area (Å²) in [5, 5.41) is 15.4. The SMILES string of the molecule is N#Cc1cc(-c2nc(-c3ccccc3)nc(-c3ccccc3)n2)ccc1-n1c2ccccc2c2c3c4ccccc4n(-c4ccccc4)c3ccc21. The van der Waals surface area contributed by atoms with Crippen LogP contribution in [0.2, 0.25) is 0 Å². The minimum Gasteiger partial charge on any atom is -0.309 e. The second kappa shape index (κ2) is 11.9. The Kier molecular flexibility index (Phi) is 6.76. The van der Waals surface area contributed by atoms with E-state index in [2.05, 4.69) is 100 Å². The summed E-state index contributed by atoms with van der Waals surface area (Å²) in [6, 6.07) is 60.2. The van der Waals surface area contributed by atoms with Crippen LogP contribution in [0.1, 0.15) is 5.56 Å². The summed E-state index contributed by atoms with van der Waals surface area (Å²) >= 11 is 0. The summed E-state index contributed by atoms with van der Waals surface area (Å²) in [6.07, 6.45) is 0. The zero-order valence-electron chi connectivity index (χ0n) is 27.8. The van der Waals surface area contributed by atoms with Crippen molar-refractivity contribution in [2.24, 2.45) is 0 Å². The van der Waals surface area contributed by atoms with Crippen molar-refractivity contribution < 1.29 is 0 Å². The largest absolute Gasteiger partial charge is 0.309 e. The molecule has 0 bridgehead atoms. The summed E-state index contributed by atoms with van der Waals surface area (Å²) < 4.78 is 4.56. The Bertz CT molecular complexity index is 2950. The third-order valence-corrected chi connectivity index (χ3v) is 9.80. The molecule has 0 amide bonds. The van der Waals surface area contributed by atoms with Crippen molar-refractivity contribution in [2.75, 3.05) is 0 Å². The van der Waals surface area contributed by atoms with Gasteiger partial charge in [0.15, 0.2) is 17.5 Å². The number of aromatic nitrogens is 5. The van der Waals surface area contributed by atoms with Crippen LogP contribution in [0.5, 0.6) is 0 Å². The Labute approximate surface area is 299 Å². The molecular weight excluding hydrogens is 637 g/mol. The molecule has 0 radical (unpaired) electrons. The van der Waals surface area contributed by atoms with Crippen molar-refractivity contribution in [3.05, 3.63) is 175 Å². The molecule has 52 heavy (non-hydrogen) atoms. The van der Waals surface area contributed by atoms with E-state index < -0.39 is 0 Å². The standard InChI is InChI=1S/C46H28N6/c47-29-33-28-32(46-49-44(30-14-4-1-5-15-30)48-45(50-46)31-16-6-2-7-17-31)24-25-37(33)52-39-23-13-11-21-36(39)43-41(52)27-26-40-42(43)35-20-10-12-22-38(35)51(40)34-18-8-3-9-19-34/h1-28H. The highest BCUT2D eigenvalue weighted by Gasteiger charge is 2.22. The summed E-state index contributed by atoms with van der Waals surface area (Å²) in [7, 11) is 0. The maximum Gasteiger partial charge on any atom is 0.164 e. The lowest BCUT2D eigenvalue weighted by Crippen LogP contribution is -2.02. The van der Waals surface area contributed by atoms with Gasteiger partial charge in [0, 0.05) is 43.9 Å². The van der Waals surface area contributed by atoms with Crippen molar-refractivity contribution in [3.63, 3.8) is 0 Å². The number of rotatable bonds is 5. The molecule has 3 heterocycles. The predicted molar refractivity (Wildman–Crippen MR) is 210 cm³/mol. The van der Waals surface area contributed by atoms with Crippen LogP contribution in [0, 0.1) is 11.3 Å². The highest BCUT2D eigenvalue weighted by molar-refractivity contribution is 6.28. The molecule has 0 atom stereocenters. The molecule has 0 aliphatic heterocycles. The first-order valence-electron chi connectivity index (χ1n) is 17.2. The highest BCUT2D eigenvalue weighted by Crippen LogP contribution is 2.42. The van der Waals surface area contributed by atoms with E-state index in [0.717, 1.165) is 60.9 Å². The maximum atomic E-state index is 10.7. The number of nitrogens with zero attached hydrogens (tertiary/aromatic N) is 6. The predicted octanol–water partition coefficient (Wildman–Crippen LogP) is 10.9. The first-order valence-corrected chi connectivity index (χ1v) is 17.2. The zero-order valence-corrected chi connectivity index (χ0v) is 27.8.